The smallest absolute Gasteiger partial charge is 0.358 e. The number of esters is 1. The predicted octanol–water partition coefficient (Wildman–Crippen LogP) is 3.16. The first-order valence-corrected chi connectivity index (χ1v) is 14.3. The van der Waals surface area contributed by atoms with E-state index in [2.05, 4.69) is 45.3 Å². The molecule has 0 N–H and O–H groups in total. The number of hydrogen-bond acceptors (Lipinski definition) is 7. The first-order chi connectivity index (χ1) is 14.0. The largest absolute Gasteiger partial charge is 0.457 e. The van der Waals surface area contributed by atoms with Gasteiger partial charge in [-0.25, -0.2) is 4.79 Å². The lowest BCUT2D eigenvalue weighted by atomic mass is 9.92. The van der Waals surface area contributed by atoms with Gasteiger partial charge in [-0.2, -0.15) is 0 Å². The van der Waals surface area contributed by atoms with Gasteiger partial charge in [0, 0.05) is 13.1 Å². The quantitative estimate of drug-likeness (QED) is 0.253. The topological polar surface area (TPSA) is 68.3 Å². The lowest BCUT2D eigenvalue weighted by Crippen LogP contribution is -2.62. The molecule has 0 radical (unpaired) electrons. The van der Waals surface area contributed by atoms with Crippen LogP contribution in [0, 0.1) is 5.92 Å². The zero-order valence-corrected chi connectivity index (χ0v) is 20.7. The molecule has 9 heteroatoms. The van der Waals surface area contributed by atoms with Gasteiger partial charge in [-0.3, -0.25) is 9.69 Å². The number of carbonyl (C=O) groups is 2. The van der Waals surface area contributed by atoms with Crippen LogP contribution in [0.5, 0.6) is 0 Å². The predicted molar refractivity (Wildman–Crippen MR) is 120 cm³/mol. The minimum Gasteiger partial charge on any atom is -0.457 e. The van der Waals surface area contributed by atoms with Crippen LogP contribution >= 0.6 is 11.8 Å². The Hall–Kier alpha value is -1.29. The average Bonchev–Trinajstić information content (AvgIpc) is 3.00. The summed E-state index contributed by atoms with van der Waals surface area (Å²) in [7, 11) is -2.02. The molecule has 0 aromatic heterocycles. The first kappa shape index (κ1) is 23.4. The number of rotatable bonds is 7. The van der Waals surface area contributed by atoms with Crippen molar-refractivity contribution in [2.75, 3.05) is 32.9 Å². The Labute approximate surface area is 184 Å². The second-order valence-corrected chi connectivity index (χ2v) is 15.3. The Balaban J connectivity index is 1.81. The minimum atomic E-state index is -2.02. The second kappa shape index (κ2) is 8.68. The molecular formula is C21H34N2O5SSi. The van der Waals surface area contributed by atoms with Crippen LogP contribution in [0.3, 0.4) is 0 Å². The maximum Gasteiger partial charge on any atom is 0.358 e. The summed E-state index contributed by atoms with van der Waals surface area (Å²) in [5, 5.41) is 0.738. The molecular weight excluding hydrogens is 420 g/mol. The van der Waals surface area contributed by atoms with Crippen LogP contribution in [-0.4, -0.2) is 74.4 Å². The maximum absolute atomic E-state index is 13.2. The van der Waals surface area contributed by atoms with Crippen LogP contribution in [0.1, 0.15) is 27.7 Å². The fourth-order valence-corrected chi connectivity index (χ4v) is 6.73. The minimum absolute atomic E-state index is 0.0625. The van der Waals surface area contributed by atoms with E-state index in [0.29, 0.717) is 32.0 Å². The van der Waals surface area contributed by atoms with Crippen molar-refractivity contribution < 1.29 is 23.5 Å². The molecule has 0 aromatic carbocycles. The molecule has 3 rings (SSSR count). The van der Waals surface area contributed by atoms with Crippen LogP contribution in [0.15, 0.2) is 23.4 Å². The summed E-state index contributed by atoms with van der Waals surface area (Å²) in [6, 6.07) is 0. The van der Waals surface area contributed by atoms with Crippen molar-refractivity contribution in [3.63, 3.8) is 0 Å². The monoisotopic (exact) mass is 454 g/mol. The van der Waals surface area contributed by atoms with Crippen molar-refractivity contribution in [1.29, 1.82) is 0 Å². The highest BCUT2D eigenvalue weighted by Gasteiger charge is 2.60. The van der Waals surface area contributed by atoms with Gasteiger partial charge in [0.05, 0.1) is 25.2 Å². The van der Waals surface area contributed by atoms with Crippen LogP contribution in [0.2, 0.25) is 18.1 Å². The van der Waals surface area contributed by atoms with Gasteiger partial charge in [0.1, 0.15) is 17.0 Å². The maximum atomic E-state index is 13.2. The summed E-state index contributed by atoms with van der Waals surface area (Å²) in [5.74, 6) is -0.812. The van der Waals surface area contributed by atoms with Gasteiger partial charge < -0.3 is 18.8 Å². The lowest BCUT2D eigenvalue weighted by Gasteiger charge is -2.48. The van der Waals surface area contributed by atoms with Gasteiger partial charge in [-0.15, -0.1) is 0 Å². The van der Waals surface area contributed by atoms with E-state index in [0.717, 1.165) is 5.03 Å². The summed E-state index contributed by atoms with van der Waals surface area (Å²) < 4.78 is 17.3. The van der Waals surface area contributed by atoms with E-state index >= 15 is 0 Å². The molecule has 30 heavy (non-hydrogen) atoms. The normalized spacial score (nSPS) is 25.7. The Kier molecular flexibility index (Phi) is 6.76. The number of β-lactam (4-membered cyclic amide) rings is 1. The van der Waals surface area contributed by atoms with Crippen molar-refractivity contribution >= 4 is 32.0 Å². The molecule has 2 fully saturated rings. The fourth-order valence-electron chi connectivity index (χ4n) is 3.65. The van der Waals surface area contributed by atoms with Gasteiger partial charge in [0.25, 0.3) is 0 Å². The molecule has 2 saturated heterocycles. The summed E-state index contributed by atoms with van der Waals surface area (Å²) in [4.78, 5) is 29.7. The Morgan fingerprint density at radius 1 is 1.37 bits per heavy atom. The van der Waals surface area contributed by atoms with Crippen molar-refractivity contribution in [3.8, 4) is 0 Å². The average molecular weight is 455 g/mol. The highest BCUT2D eigenvalue weighted by Crippen LogP contribution is 2.52. The van der Waals surface area contributed by atoms with E-state index in [9.17, 15) is 9.59 Å². The highest BCUT2D eigenvalue weighted by molar-refractivity contribution is 8.04. The number of carbonyl (C=O) groups excluding carboxylic acids is 2. The van der Waals surface area contributed by atoms with Gasteiger partial charge in [0.2, 0.25) is 5.91 Å². The summed E-state index contributed by atoms with van der Waals surface area (Å²) in [6.45, 7) is 19.3. The zero-order chi connectivity index (χ0) is 22.3. The molecule has 0 aromatic rings. The first-order valence-electron chi connectivity index (χ1n) is 10.5. The number of hydrogen-bond donors (Lipinski definition) is 0. The standard InChI is InChI=1S/C21H34N2O5SSi/c1-8-11-27-20(25)16-19(22-9-12-26-13-10-22)29-18-15(17(24)23(16)18)14(2)28-30(6,7)21(3,4)5/h8,14-15,18H,1,9-13H2,2-7H3/t14-,15-,18+/m0/s1. The van der Waals surface area contributed by atoms with Crippen LogP contribution in [0.4, 0.5) is 0 Å². The van der Waals surface area contributed by atoms with E-state index in [4.69, 9.17) is 13.9 Å². The molecule has 3 heterocycles. The Morgan fingerprint density at radius 2 is 2.00 bits per heavy atom. The number of thioether (sulfide) groups is 1. The van der Waals surface area contributed by atoms with E-state index in [1.807, 2.05) is 6.92 Å². The third kappa shape index (κ3) is 4.22. The van der Waals surface area contributed by atoms with E-state index in [-0.39, 0.29) is 34.9 Å². The van der Waals surface area contributed by atoms with Gasteiger partial charge >= 0.3 is 5.97 Å². The lowest BCUT2D eigenvalue weighted by molar-refractivity contribution is -0.157. The van der Waals surface area contributed by atoms with Crippen molar-refractivity contribution in [1.82, 2.24) is 9.80 Å². The number of ether oxygens (including phenoxy) is 2. The third-order valence-electron chi connectivity index (χ3n) is 6.38. The van der Waals surface area contributed by atoms with Crippen LogP contribution in [-0.2, 0) is 23.5 Å². The molecule has 7 nitrogen and oxygen atoms in total. The molecule has 0 saturated carbocycles. The molecule has 1 amide bonds. The number of amides is 1. The molecule has 0 bridgehead atoms. The van der Waals surface area contributed by atoms with E-state index in [1.165, 1.54) is 6.08 Å². The molecule has 3 aliphatic heterocycles. The van der Waals surface area contributed by atoms with E-state index < -0.39 is 14.3 Å². The molecule has 3 aliphatic rings. The molecule has 0 unspecified atom stereocenters. The van der Waals surface area contributed by atoms with Gasteiger partial charge in [-0.05, 0) is 25.1 Å². The number of morpholine rings is 1. The van der Waals surface area contributed by atoms with Crippen molar-refractivity contribution in [2.45, 2.75) is 57.3 Å². The summed E-state index contributed by atoms with van der Waals surface area (Å²) in [6.07, 6.45) is 1.32. The van der Waals surface area contributed by atoms with Crippen molar-refractivity contribution in [2.24, 2.45) is 5.92 Å². The summed E-state index contributed by atoms with van der Waals surface area (Å²) >= 11 is 1.57. The SMILES string of the molecule is C=CCOC(=O)C1=C(N2CCOCC2)S[C@@H]2[C@@H]([C@H](C)O[Si](C)(C)C(C)(C)C)C(=O)N12. The van der Waals surface area contributed by atoms with Gasteiger partial charge in [0.15, 0.2) is 14.0 Å². The Bertz CT molecular complexity index is 742. The third-order valence-corrected chi connectivity index (χ3v) is 12.4. The molecule has 0 spiro atoms. The van der Waals surface area contributed by atoms with Gasteiger partial charge in [-0.1, -0.05) is 45.2 Å². The molecule has 3 atom stereocenters. The molecule has 168 valence electrons. The number of fused-ring (bicyclic) bond motifs is 1. The zero-order valence-electron chi connectivity index (χ0n) is 18.9. The summed E-state index contributed by atoms with van der Waals surface area (Å²) in [5.41, 5.74) is 0.356. The van der Waals surface area contributed by atoms with Crippen LogP contribution < -0.4 is 0 Å². The number of nitrogens with zero attached hydrogens (tertiary/aromatic N) is 2. The molecule has 0 aliphatic carbocycles. The van der Waals surface area contributed by atoms with Crippen molar-refractivity contribution in [3.05, 3.63) is 23.4 Å². The highest BCUT2D eigenvalue weighted by atomic mass is 32.2. The fraction of sp³-hybridized carbons (Fsp3) is 0.714. The van der Waals surface area contributed by atoms with Crippen LogP contribution in [0.25, 0.3) is 0 Å². The van der Waals surface area contributed by atoms with E-state index in [1.54, 1.807) is 16.7 Å². The second-order valence-electron chi connectivity index (χ2n) is 9.47. The Morgan fingerprint density at radius 3 is 2.57 bits per heavy atom.